The van der Waals surface area contributed by atoms with Crippen LogP contribution in [0, 0.1) is 5.92 Å². The number of hydrogen-bond acceptors (Lipinski definition) is 7. The number of carbonyl (C=O) groups is 2. The fourth-order valence-electron chi connectivity index (χ4n) is 1.38. The quantitative estimate of drug-likeness (QED) is 0.441. The van der Waals surface area contributed by atoms with Crippen molar-refractivity contribution in [2.75, 3.05) is 5.73 Å². The first-order valence-electron chi connectivity index (χ1n) is 5.25. The summed E-state index contributed by atoms with van der Waals surface area (Å²) in [5, 5.41) is 14.3. The molecule has 1 aromatic heterocycles. The van der Waals surface area contributed by atoms with Crippen molar-refractivity contribution in [1.82, 2.24) is 4.98 Å². The number of carboxylic acid groups (broad SMARTS) is 1. The lowest BCUT2D eigenvalue weighted by Gasteiger charge is -2.08. The van der Waals surface area contributed by atoms with Crippen LogP contribution in [0.2, 0.25) is 0 Å². The fraction of sp³-hybridized carbons (Fsp3) is 0.400. The van der Waals surface area contributed by atoms with E-state index in [0.717, 1.165) is 24.2 Å². The molecule has 1 aliphatic rings. The summed E-state index contributed by atoms with van der Waals surface area (Å²) in [6, 6.07) is 0. The summed E-state index contributed by atoms with van der Waals surface area (Å²) in [6.07, 6.45) is 1.05. The predicted molar refractivity (Wildman–Crippen MR) is 64.4 cm³/mol. The first kappa shape index (κ1) is 12.5. The van der Waals surface area contributed by atoms with E-state index in [9.17, 15) is 9.59 Å². The molecule has 18 heavy (non-hydrogen) atoms. The summed E-state index contributed by atoms with van der Waals surface area (Å²) in [4.78, 5) is 30.6. The Morgan fingerprint density at radius 1 is 1.72 bits per heavy atom. The van der Waals surface area contributed by atoms with Gasteiger partial charge in [0.15, 0.2) is 17.1 Å². The normalized spacial score (nSPS) is 17.2. The SMILES string of the molecule is Nc1nc(/C(C=O)=N\OC(C(=O)O)C2CC2)cs1. The zero-order chi connectivity index (χ0) is 13.1. The summed E-state index contributed by atoms with van der Waals surface area (Å²) in [5.74, 6) is -1.11. The smallest absolute Gasteiger partial charge is 0.348 e. The molecular weight excluding hydrogens is 258 g/mol. The van der Waals surface area contributed by atoms with Crippen molar-refractivity contribution in [3.63, 3.8) is 0 Å². The van der Waals surface area contributed by atoms with Crippen LogP contribution in [0.5, 0.6) is 0 Å². The number of thiazole rings is 1. The number of aliphatic carboxylic acids is 1. The van der Waals surface area contributed by atoms with E-state index in [1.165, 1.54) is 0 Å². The summed E-state index contributed by atoms with van der Waals surface area (Å²) in [6.45, 7) is 0. The lowest BCUT2D eigenvalue weighted by atomic mass is 10.2. The molecule has 0 bridgehead atoms. The minimum Gasteiger partial charge on any atom is -0.478 e. The van der Waals surface area contributed by atoms with Gasteiger partial charge in [-0.1, -0.05) is 5.16 Å². The maximum atomic E-state index is 10.9. The van der Waals surface area contributed by atoms with Gasteiger partial charge in [0.2, 0.25) is 6.10 Å². The van der Waals surface area contributed by atoms with Crippen LogP contribution in [0.3, 0.4) is 0 Å². The van der Waals surface area contributed by atoms with Crippen LogP contribution in [0.4, 0.5) is 5.13 Å². The zero-order valence-electron chi connectivity index (χ0n) is 9.28. The molecule has 0 aliphatic heterocycles. The molecule has 2 rings (SSSR count). The van der Waals surface area contributed by atoms with Crippen LogP contribution in [0.25, 0.3) is 0 Å². The lowest BCUT2D eigenvalue weighted by Crippen LogP contribution is -2.25. The van der Waals surface area contributed by atoms with E-state index in [4.69, 9.17) is 15.7 Å². The Kier molecular flexibility index (Phi) is 3.56. The summed E-state index contributed by atoms with van der Waals surface area (Å²) in [5.41, 5.74) is 5.66. The van der Waals surface area contributed by atoms with Gasteiger partial charge >= 0.3 is 5.97 Å². The molecule has 1 atom stereocenters. The van der Waals surface area contributed by atoms with Gasteiger partial charge in [-0.15, -0.1) is 11.3 Å². The number of oxime groups is 1. The Labute approximate surface area is 106 Å². The Morgan fingerprint density at radius 2 is 2.44 bits per heavy atom. The van der Waals surface area contributed by atoms with Gasteiger partial charge in [0.05, 0.1) is 0 Å². The van der Waals surface area contributed by atoms with Crippen molar-refractivity contribution in [1.29, 1.82) is 0 Å². The number of carbonyl (C=O) groups excluding carboxylic acids is 1. The average molecular weight is 269 g/mol. The van der Waals surface area contributed by atoms with Gasteiger partial charge < -0.3 is 15.7 Å². The Balaban J connectivity index is 2.09. The van der Waals surface area contributed by atoms with Gasteiger partial charge in [-0.2, -0.15) is 0 Å². The van der Waals surface area contributed by atoms with E-state index in [2.05, 4.69) is 10.1 Å². The molecule has 1 heterocycles. The van der Waals surface area contributed by atoms with Crippen molar-refractivity contribution >= 4 is 34.4 Å². The van der Waals surface area contributed by atoms with E-state index in [1.54, 1.807) is 5.38 Å². The van der Waals surface area contributed by atoms with Crippen LogP contribution < -0.4 is 5.73 Å². The highest BCUT2D eigenvalue weighted by atomic mass is 32.1. The molecule has 1 aromatic rings. The highest BCUT2D eigenvalue weighted by molar-refractivity contribution is 7.13. The number of anilines is 1. The van der Waals surface area contributed by atoms with Gasteiger partial charge in [-0.05, 0) is 12.8 Å². The molecule has 96 valence electrons. The standard InChI is InChI=1S/C10H11N3O4S/c11-10-12-7(4-18-10)6(3-14)13-17-8(9(15)16)5-1-2-5/h3-5,8H,1-2H2,(H2,11,12)(H,15,16)/b13-6-. The van der Waals surface area contributed by atoms with Crippen molar-refractivity contribution in [2.24, 2.45) is 11.1 Å². The number of aldehydes is 1. The number of nitrogens with zero attached hydrogens (tertiary/aromatic N) is 2. The second-order valence-corrected chi connectivity index (χ2v) is 4.76. The third-order valence-electron chi connectivity index (χ3n) is 2.45. The molecule has 0 saturated heterocycles. The number of rotatable bonds is 6. The third-order valence-corrected chi connectivity index (χ3v) is 3.13. The second-order valence-electron chi connectivity index (χ2n) is 3.87. The molecule has 1 unspecified atom stereocenters. The Morgan fingerprint density at radius 3 is 2.89 bits per heavy atom. The summed E-state index contributed by atoms with van der Waals surface area (Å²) in [7, 11) is 0. The zero-order valence-corrected chi connectivity index (χ0v) is 10.1. The maximum absolute atomic E-state index is 10.9. The average Bonchev–Trinajstić information content (AvgIpc) is 3.07. The van der Waals surface area contributed by atoms with Gasteiger partial charge in [-0.3, -0.25) is 4.79 Å². The van der Waals surface area contributed by atoms with Gasteiger partial charge in [0.25, 0.3) is 0 Å². The maximum Gasteiger partial charge on any atom is 0.348 e. The molecule has 1 fully saturated rings. The van der Waals surface area contributed by atoms with Crippen LogP contribution in [-0.2, 0) is 14.4 Å². The Hall–Kier alpha value is -1.96. The minimum atomic E-state index is -1.08. The first-order chi connectivity index (χ1) is 8.61. The number of nitrogens with two attached hydrogens (primary N) is 1. The number of hydrogen-bond donors (Lipinski definition) is 2. The van der Waals surface area contributed by atoms with E-state index in [-0.39, 0.29) is 17.3 Å². The van der Waals surface area contributed by atoms with E-state index in [1.807, 2.05) is 0 Å². The molecule has 0 spiro atoms. The molecule has 3 N–H and O–H groups in total. The lowest BCUT2D eigenvalue weighted by molar-refractivity contribution is -0.151. The fourth-order valence-corrected chi connectivity index (χ4v) is 1.94. The van der Waals surface area contributed by atoms with Crippen molar-refractivity contribution < 1.29 is 19.5 Å². The van der Waals surface area contributed by atoms with Crippen molar-refractivity contribution in [3.8, 4) is 0 Å². The molecule has 7 nitrogen and oxygen atoms in total. The highest BCUT2D eigenvalue weighted by Crippen LogP contribution is 2.34. The van der Waals surface area contributed by atoms with Gasteiger partial charge in [-0.25, -0.2) is 9.78 Å². The van der Waals surface area contributed by atoms with Crippen LogP contribution in [-0.4, -0.2) is 34.2 Å². The molecule has 0 aromatic carbocycles. The monoisotopic (exact) mass is 269 g/mol. The minimum absolute atomic E-state index is 0.0281. The van der Waals surface area contributed by atoms with E-state index < -0.39 is 12.1 Å². The molecule has 1 saturated carbocycles. The topological polar surface area (TPSA) is 115 Å². The van der Waals surface area contributed by atoms with Crippen molar-refractivity contribution in [3.05, 3.63) is 11.1 Å². The first-order valence-corrected chi connectivity index (χ1v) is 6.13. The molecule has 0 amide bonds. The number of carboxylic acids is 1. The summed E-state index contributed by atoms with van der Waals surface area (Å²) >= 11 is 1.16. The van der Waals surface area contributed by atoms with Crippen molar-refractivity contribution in [2.45, 2.75) is 18.9 Å². The second kappa shape index (κ2) is 5.13. The van der Waals surface area contributed by atoms with Crippen LogP contribution in [0.15, 0.2) is 10.5 Å². The number of nitrogen functional groups attached to an aromatic ring is 1. The largest absolute Gasteiger partial charge is 0.478 e. The van der Waals surface area contributed by atoms with Gasteiger partial charge in [0.1, 0.15) is 5.69 Å². The van der Waals surface area contributed by atoms with E-state index in [0.29, 0.717) is 11.4 Å². The van der Waals surface area contributed by atoms with Gasteiger partial charge in [0, 0.05) is 11.3 Å². The molecule has 8 heteroatoms. The molecule has 0 radical (unpaired) electrons. The third kappa shape index (κ3) is 2.83. The van der Waals surface area contributed by atoms with Crippen LogP contribution >= 0.6 is 11.3 Å². The molecule has 1 aliphatic carbocycles. The molecular formula is C10H11N3O4S. The number of aromatic nitrogens is 1. The van der Waals surface area contributed by atoms with Crippen LogP contribution in [0.1, 0.15) is 18.5 Å². The summed E-state index contributed by atoms with van der Waals surface area (Å²) < 4.78 is 0. The highest BCUT2D eigenvalue weighted by Gasteiger charge is 2.38. The Bertz CT molecular complexity index is 495. The predicted octanol–water partition coefficient (Wildman–Crippen LogP) is 0.508. The van der Waals surface area contributed by atoms with E-state index >= 15 is 0 Å².